The Labute approximate surface area is 129 Å². The molecule has 1 fully saturated rings. The summed E-state index contributed by atoms with van der Waals surface area (Å²) in [6, 6.07) is 0. The first-order valence-electron chi connectivity index (χ1n) is 7.47. The summed E-state index contributed by atoms with van der Waals surface area (Å²) < 4.78 is 25.4. The number of rotatable bonds is 4. The van der Waals surface area contributed by atoms with Crippen molar-refractivity contribution >= 4 is 16.0 Å². The van der Waals surface area contributed by atoms with Crippen LogP contribution in [0.1, 0.15) is 34.1 Å². The number of nitrogens with zero attached hydrogens (tertiary/aromatic N) is 2. The van der Waals surface area contributed by atoms with Gasteiger partial charge in [-0.05, 0) is 32.1 Å². The van der Waals surface area contributed by atoms with Crippen LogP contribution in [0.2, 0.25) is 0 Å². The fourth-order valence-corrected chi connectivity index (χ4v) is 4.08. The van der Waals surface area contributed by atoms with E-state index >= 15 is 0 Å². The Kier molecular flexibility index (Phi) is 6.04. The molecule has 0 amide bonds. The Hall–Kier alpha value is -0.820. The van der Waals surface area contributed by atoms with Crippen LogP contribution in [0.4, 0.5) is 0 Å². The molecule has 0 aromatic carbocycles. The summed E-state index contributed by atoms with van der Waals surface area (Å²) in [5.41, 5.74) is -0.559. The van der Waals surface area contributed by atoms with Crippen molar-refractivity contribution in [2.75, 3.05) is 32.9 Å². The van der Waals surface area contributed by atoms with Gasteiger partial charge in [-0.25, -0.2) is 13.1 Å². The molecule has 0 radical (unpaired) electrons. The highest BCUT2D eigenvalue weighted by Gasteiger charge is 2.26. The summed E-state index contributed by atoms with van der Waals surface area (Å²) in [4.78, 5) is 6.59. The van der Waals surface area contributed by atoms with Crippen LogP contribution in [0.25, 0.3) is 0 Å². The summed E-state index contributed by atoms with van der Waals surface area (Å²) in [7, 11) is -1.46. The lowest BCUT2D eigenvalue weighted by atomic mass is 9.92. The van der Waals surface area contributed by atoms with Crippen molar-refractivity contribution in [2.24, 2.45) is 16.8 Å². The van der Waals surface area contributed by atoms with E-state index in [-0.39, 0.29) is 0 Å². The molecule has 1 saturated heterocycles. The molecule has 0 bridgehead atoms. The average molecular weight is 318 g/mol. The number of likely N-dealkylation sites (tertiary alicyclic amines) is 1. The van der Waals surface area contributed by atoms with Crippen molar-refractivity contribution in [3.8, 4) is 0 Å². The number of nitrogens with one attached hydrogen (secondary N) is 2. The molecule has 1 rings (SSSR count). The van der Waals surface area contributed by atoms with Gasteiger partial charge in [0.05, 0.1) is 6.26 Å². The normalized spacial score (nSPS) is 25.0. The van der Waals surface area contributed by atoms with Gasteiger partial charge in [-0.1, -0.05) is 13.8 Å². The molecule has 0 aromatic rings. The van der Waals surface area contributed by atoms with Gasteiger partial charge in [0.1, 0.15) is 0 Å². The van der Waals surface area contributed by atoms with E-state index in [2.05, 4.69) is 33.8 Å². The van der Waals surface area contributed by atoms with Gasteiger partial charge in [0.2, 0.25) is 10.0 Å². The van der Waals surface area contributed by atoms with E-state index in [1.165, 1.54) is 12.7 Å². The molecule has 2 atom stereocenters. The first-order valence-corrected chi connectivity index (χ1v) is 9.36. The van der Waals surface area contributed by atoms with Crippen molar-refractivity contribution in [2.45, 2.75) is 39.7 Å². The number of hydrogen-bond acceptors (Lipinski definition) is 3. The molecule has 1 heterocycles. The molecule has 0 aromatic heterocycles. The number of aliphatic imine (C=N–C) groups is 1. The second-order valence-electron chi connectivity index (χ2n) is 7.01. The lowest BCUT2D eigenvalue weighted by Crippen LogP contribution is -2.55. The first-order chi connectivity index (χ1) is 9.52. The van der Waals surface area contributed by atoms with E-state index in [1.807, 2.05) is 13.8 Å². The maximum atomic E-state index is 11.4. The highest BCUT2D eigenvalue weighted by molar-refractivity contribution is 7.88. The van der Waals surface area contributed by atoms with Crippen LogP contribution in [-0.4, -0.2) is 57.8 Å². The molecule has 2 unspecified atom stereocenters. The number of sulfonamides is 1. The standard InChI is InChI=1S/C14H30N4O2S/c1-11-7-12(2)9-18(8-11)13(15-5)16-10-14(3,4)17-21(6,19)20/h11-12,17H,7-10H2,1-6H3,(H,15,16). The van der Waals surface area contributed by atoms with E-state index in [1.54, 1.807) is 7.05 Å². The topological polar surface area (TPSA) is 73.8 Å². The maximum Gasteiger partial charge on any atom is 0.209 e. The van der Waals surface area contributed by atoms with Crippen LogP contribution in [0.5, 0.6) is 0 Å². The minimum atomic E-state index is -3.22. The summed E-state index contributed by atoms with van der Waals surface area (Å²) in [6.45, 7) is 10.7. The Bertz CT molecular complexity index is 463. The smallest absolute Gasteiger partial charge is 0.209 e. The minimum Gasteiger partial charge on any atom is -0.354 e. The van der Waals surface area contributed by atoms with Crippen molar-refractivity contribution < 1.29 is 8.42 Å². The van der Waals surface area contributed by atoms with Crippen molar-refractivity contribution in [3.63, 3.8) is 0 Å². The monoisotopic (exact) mass is 318 g/mol. The molecule has 1 aliphatic heterocycles. The second-order valence-corrected chi connectivity index (χ2v) is 8.76. The van der Waals surface area contributed by atoms with Crippen molar-refractivity contribution in [1.82, 2.24) is 14.9 Å². The van der Waals surface area contributed by atoms with E-state index in [0.29, 0.717) is 18.4 Å². The molecule has 0 spiro atoms. The Morgan fingerprint density at radius 1 is 1.29 bits per heavy atom. The van der Waals surface area contributed by atoms with Crippen molar-refractivity contribution in [3.05, 3.63) is 0 Å². The third-order valence-corrected chi connectivity index (χ3v) is 4.45. The van der Waals surface area contributed by atoms with Gasteiger partial charge in [0.15, 0.2) is 5.96 Å². The van der Waals surface area contributed by atoms with Crippen LogP contribution < -0.4 is 10.0 Å². The molecule has 0 saturated carbocycles. The Morgan fingerprint density at radius 3 is 2.24 bits per heavy atom. The van der Waals surface area contributed by atoms with Gasteiger partial charge in [-0.3, -0.25) is 4.99 Å². The lowest BCUT2D eigenvalue weighted by molar-refractivity contribution is 0.207. The summed E-state index contributed by atoms with van der Waals surface area (Å²) >= 11 is 0. The third-order valence-electron chi connectivity index (χ3n) is 3.53. The molecule has 7 heteroatoms. The summed E-state index contributed by atoms with van der Waals surface area (Å²) in [5, 5.41) is 3.29. The highest BCUT2D eigenvalue weighted by Crippen LogP contribution is 2.20. The molecule has 1 aliphatic rings. The van der Waals surface area contributed by atoms with Crippen LogP contribution in [-0.2, 0) is 10.0 Å². The number of piperidine rings is 1. The molecule has 0 aliphatic carbocycles. The lowest BCUT2D eigenvalue weighted by Gasteiger charge is -2.38. The fourth-order valence-electron chi connectivity index (χ4n) is 3.01. The summed E-state index contributed by atoms with van der Waals surface area (Å²) in [5.74, 6) is 2.14. The molecule has 2 N–H and O–H groups in total. The van der Waals surface area contributed by atoms with Gasteiger partial charge in [0.25, 0.3) is 0 Å². The molecule has 21 heavy (non-hydrogen) atoms. The quantitative estimate of drug-likeness (QED) is 0.596. The van der Waals surface area contributed by atoms with Gasteiger partial charge >= 0.3 is 0 Å². The molecule has 124 valence electrons. The molecule has 6 nitrogen and oxygen atoms in total. The van der Waals surface area contributed by atoms with Gasteiger partial charge in [-0.2, -0.15) is 0 Å². The van der Waals surface area contributed by atoms with Gasteiger partial charge < -0.3 is 10.2 Å². The molecular weight excluding hydrogens is 288 g/mol. The third kappa shape index (κ3) is 6.65. The highest BCUT2D eigenvalue weighted by atomic mass is 32.2. The minimum absolute atomic E-state index is 0.492. The zero-order valence-electron chi connectivity index (χ0n) is 14.1. The zero-order valence-corrected chi connectivity index (χ0v) is 14.9. The number of guanidine groups is 1. The zero-order chi connectivity index (χ0) is 16.3. The summed E-state index contributed by atoms with van der Waals surface area (Å²) in [6.07, 6.45) is 2.42. The van der Waals surface area contributed by atoms with E-state index in [9.17, 15) is 8.42 Å². The van der Waals surface area contributed by atoms with Crippen LogP contribution in [0.15, 0.2) is 4.99 Å². The van der Waals surface area contributed by atoms with E-state index in [0.717, 1.165) is 19.0 Å². The van der Waals surface area contributed by atoms with E-state index < -0.39 is 15.6 Å². The Balaban J connectivity index is 2.63. The van der Waals surface area contributed by atoms with Gasteiger partial charge in [-0.15, -0.1) is 0 Å². The largest absolute Gasteiger partial charge is 0.354 e. The molecular formula is C14H30N4O2S. The fraction of sp³-hybridized carbons (Fsp3) is 0.929. The van der Waals surface area contributed by atoms with Gasteiger partial charge in [0, 0.05) is 32.2 Å². The second kappa shape index (κ2) is 6.96. The van der Waals surface area contributed by atoms with Crippen LogP contribution in [0.3, 0.4) is 0 Å². The van der Waals surface area contributed by atoms with Crippen molar-refractivity contribution in [1.29, 1.82) is 0 Å². The maximum absolute atomic E-state index is 11.4. The first kappa shape index (κ1) is 18.2. The SMILES string of the molecule is CN=C(NCC(C)(C)NS(C)(=O)=O)N1CC(C)CC(C)C1. The average Bonchev–Trinajstić information content (AvgIpc) is 2.24. The predicted molar refractivity (Wildman–Crippen MR) is 87.9 cm³/mol. The predicted octanol–water partition coefficient (Wildman–Crippen LogP) is 0.868. The number of hydrogen-bond donors (Lipinski definition) is 2. The Morgan fingerprint density at radius 2 is 1.81 bits per heavy atom. The van der Waals surface area contributed by atoms with Crippen LogP contribution >= 0.6 is 0 Å². The van der Waals surface area contributed by atoms with E-state index in [4.69, 9.17) is 0 Å². The van der Waals surface area contributed by atoms with Crippen LogP contribution in [0, 0.1) is 11.8 Å².